The van der Waals surface area contributed by atoms with Crippen LogP contribution in [-0.2, 0) is 4.74 Å². The molecule has 0 amide bonds. The zero-order valence-corrected chi connectivity index (χ0v) is 11.0. The van der Waals surface area contributed by atoms with E-state index in [1.807, 2.05) is 0 Å². The molecule has 1 fully saturated rings. The first-order valence-corrected chi connectivity index (χ1v) is 6.83. The molecular formula is C12H18N2O2S. The first-order chi connectivity index (χ1) is 8.20. The Morgan fingerprint density at radius 1 is 1.53 bits per heavy atom. The smallest absolute Gasteiger partial charge is 0.349 e. The second-order valence-electron chi connectivity index (χ2n) is 4.53. The van der Waals surface area contributed by atoms with Crippen LogP contribution in [0.2, 0.25) is 0 Å². The third kappa shape index (κ3) is 2.97. The van der Waals surface area contributed by atoms with Crippen LogP contribution < -0.4 is 5.32 Å². The number of ether oxygens (including phenoxy) is 1. The van der Waals surface area contributed by atoms with Crippen LogP contribution in [0.25, 0.3) is 0 Å². The highest BCUT2D eigenvalue weighted by molar-refractivity contribution is 7.17. The number of esters is 1. The Bertz CT molecular complexity index is 392. The van der Waals surface area contributed by atoms with E-state index in [1.54, 1.807) is 6.20 Å². The van der Waals surface area contributed by atoms with Crippen LogP contribution in [0.3, 0.4) is 0 Å². The average Bonchev–Trinajstić information content (AvgIpc) is 2.80. The van der Waals surface area contributed by atoms with Gasteiger partial charge in [0.15, 0.2) is 5.13 Å². The Balaban J connectivity index is 1.98. The Hall–Kier alpha value is -1.10. The lowest BCUT2D eigenvalue weighted by Gasteiger charge is -2.29. The van der Waals surface area contributed by atoms with Crippen molar-refractivity contribution in [3.8, 4) is 0 Å². The van der Waals surface area contributed by atoms with Gasteiger partial charge < -0.3 is 10.1 Å². The van der Waals surface area contributed by atoms with E-state index in [-0.39, 0.29) is 5.97 Å². The summed E-state index contributed by atoms with van der Waals surface area (Å²) < 4.78 is 4.66. The molecule has 1 heterocycles. The molecule has 94 valence electrons. The Kier molecular flexibility index (Phi) is 3.99. The zero-order chi connectivity index (χ0) is 12.3. The van der Waals surface area contributed by atoms with Crippen LogP contribution in [-0.4, -0.2) is 24.1 Å². The molecule has 2 rings (SSSR count). The van der Waals surface area contributed by atoms with Crippen molar-refractivity contribution in [2.24, 2.45) is 5.92 Å². The summed E-state index contributed by atoms with van der Waals surface area (Å²) in [5.74, 6) is 0.362. The molecule has 17 heavy (non-hydrogen) atoms. The highest BCUT2D eigenvalue weighted by Crippen LogP contribution is 2.28. The fourth-order valence-electron chi connectivity index (χ4n) is 2.23. The SMILES string of the molecule is COC(=O)c1cnc(NC2CCCCC2C)s1. The fraction of sp³-hybridized carbons (Fsp3) is 0.667. The molecular weight excluding hydrogens is 236 g/mol. The molecule has 0 bridgehead atoms. The molecule has 1 aliphatic rings. The Morgan fingerprint density at radius 2 is 2.29 bits per heavy atom. The number of methoxy groups -OCH3 is 1. The predicted molar refractivity (Wildman–Crippen MR) is 68.5 cm³/mol. The van der Waals surface area contributed by atoms with Gasteiger partial charge in [-0.1, -0.05) is 31.1 Å². The summed E-state index contributed by atoms with van der Waals surface area (Å²) in [6.07, 6.45) is 6.63. The lowest BCUT2D eigenvalue weighted by atomic mass is 9.86. The number of thiazole rings is 1. The molecule has 5 heteroatoms. The summed E-state index contributed by atoms with van der Waals surface area (Å²) in [5.41, 5.74) is 0. The van der Waals surface area contributed by atoms with Crippen molar-refractivity contribution in [3.63, 3.8) is 0 Å². The van der Waals surface area contributed by atoms with Crippen LogP contribution in [0.15, 0.2) is 6.20 Å². The molecule has 1 aromatic rings. The molecule has 2 unspecified atom stereocenters. The highest BCUT2D eigenvalue weighted by atomic mass is 32.1. The van der Waals surface area contributed by atoms with Crippen molar-refractivity contribution in [2.45, 2.75) is 38.6 Å². The van der Waals surface area contributed by atoms with E-state index in [1.165, 1.54) is 44.1 Å². The van der Waals surface area contributed by atoms with E-state index in [4.69, 9.17) is 0 Å². The minimum Gasteiger partial charge on any atom is -0.465 e. The lowest BCUT2D eigenvalue weighted by Crippen LogP contribution is -2.30. The topological polar surface area (TPSA) is 51.2 Å². The van der Waals surface area contributed by atoms with Gasteiger partial charge in [0, 0.05) is 6.04 Å². The van der Waals surface area contributed by atoms with E-state index in [0.29, 0.717) is 16.8 Å². The number of hydrogen-bond donors (Lipinski definition) is 1. The maximum atomic E-state index is 11.3. The normalized spacial score (nSPS) is 24.4. The zero-order valence-electron chi connectivity index (χ0n) is 10.2. The van der Waals surface area contributed by atoms with Gasteiger partial charge in [-0.15, -0.1) is 0 Å². The van der Waals surface area contributed by atoms with Crippen LogP contribution >= 0.6 is 11.3 Å². The van der Waals surface area contributed by atoms with Gasteiger partial charge in [0.1, 0.15) is 4.88 Å². The third-order valence-corrected chi connectivity index (χ3v) is 4.22. The minimum absolute atomic E-state index is 0.313. The van der Waals surface area contributed by atoms with E-state index < -0.39 is 0 Å². The molecule has 1 aromatic heterocycles. The molecule has 0 saturated heterocycles. The first kappa shape index (κ1) is 12.4. The number of carbonyl (C=O) groups is 1. The summed E-state index contributed by atoms with van der Waals surface area (Å²) in [6, 6.07) is 0.486. The molecule has 0 spiro atoms. The van der Waals surface area contributed by atoms with E-state index >= 15 is 0 Å². The molecule has 4 nitrogen and oxygen atoms in total. The Labute approximate surface area is 105 Å². The lowest BCUT2D eigenvalue weighted by molar-refractivity contribution is 0.0606. The molecule has 1 saturated carbocycles. The average molecular weight is 254 g/mol. The number of carbonyl (C=O) groups excluding carboxylic acids is 1. The quantitative estimate of drug-likeness (QED) is 0.843. The van der Waals surface area contributed by atoms with Gasteiger partial charge in [-0.2, -0.15) is 0 Å². The summed E-state index contributed by atoms with van der Waals surface area (Å²) in [6.45, 7) is 2.27. The molecule has 0 aromatic carbocycles. The van der Waals surface area contributed by atoms with E-state index in [2.05, 4.69) is 22.0 Å². The monoisotopic (exact) mass is 254 g/mol. The molecule has 1 aliphatic carbocycles. The van der Waals surface area contributed by atoms with Gasteiger partial charge >= 0.3 is 5.97 Å². The second-order valence-corrected chi connectivity index (χ2v) is 5.56. The van der Waals surface area contributed by atoms with Crippen molar-refractivity contribution in [1.82, 2.24) is 4.98 Å². The fourth-order valence-corrected chi connectivity index (χ4v) is 3.02. The molecule has 0 radical (unpaired) electrons. The van der Waals surface area contributed by atoms with Gasteiger partial charge in [-0.3, -0.25) is 0 Å². The van der Waals surface area contributed by atoms with Crippen molar-refractivity contribution >= 4 is 22.4 Å². The van der Waals surface area contributed by atoms with Gasteiger partial charge in [-0.25, -0.2) is 9.78 Å². The van der Waals surface area contributed by atoms with Crippen molar-refractivity contribution in [1.29, 1.82) is 0 Å². The van der Waals surface area contributed by atoms with Crippen molar-refractivity contribution in [2.75, 3.05) is 12.4 Å². The highest BCUT2D eigenvalue weighted by Gasteiger charge is 2.22. The number of aromatic nitrogens is 1. The van der Waals surface area contributed by atoms with Crippen molar-refractivity contribution in [3.05, 3.63) is 11.1 Å². The summed E-state index contributed by atoms with van der Waals surface area (Å²) in [5, 5.41) is 4.25. The third-order valence-electron chi connectivity index (χ3n) is 3.31. The number of nitrogens with zero attached hydrogens (tertiary/aromatic N) is 1. The minimum atomic E-state index is -0.313. The largest absolute Gasteiger partial charge is 0.465 e. The second kappa shape index (κ2) is 5.49. The number of hydrogen-bond acceptors (Lipinski definition) is 5. The van der Waals surface area contributed by atoms with Crippen molar-refractivity contribution < 1.29 is 9.53 Å². The van der Waals surface area contributed by atoms with E-state index in [0.717, 1.165) is 5.13 Å². The van der Waals surface area contributed by atoms with Gasteiger partial charge in [-0.05, 0) is 18.8 Å². The van der Waals surface area contributed by atoms with E-state index in [9.17, 15) is 4.79 Å². The predicted octanol–water partition coefficient (Wildman–Crippen LogP) is 2.92. The summed E-state index contributed by atoms with van der Waals surface area (Å²) in [7, 11) is 1.39. The van der Waals surface area contributed by atoms with Crippen LogP contribution in [0.4, 0.5) is 5.13 Å². The first-order valence-electron chi connectivity index (χ1n) is 6.01. The standard InChI is InChI=1S/C12H18N2O2S/c1-8-5-3-4-6-9(8)14-12-13-7-10(17-12)11(15)16-2/h7-9H,3-6H2,1-2H3,(H,13,14). The van der Waals surface area contributed by atoms with Gasteiger partial charge in [0.25, 0.3) is 0 Å². The molecule has 0 aliphatic heterocycles. The van der Waals surface area contributed by atoms with Gasteiger partial charge in [0.2, 0.25) is 0 Å². The van der Waals surface area contributed by atoms with Gasteiger partial charge in [0.05, 0.1) is 13.3 Å². The summed E-state index contributed by atoms with van der Waals surface area (Å²) >= 11 is 1.36. The number of anilines is 1. The van der Waals surface area contributed by atoms with Crippen LogP contribution in [0.1, 0.15) is 42.3 Å². The number of rotatable bonds is 3. The summed E-state index contributed by atoms with van der Waals surface area (Å²) in [4.78, 5) is 16.1. The maximum absolute atomic E-state index is 11.3. The van der Waals surface area contributed by atoms with Crippen LogP contribution in [0, 0.1) is 5.92 Å². The maximum Gasteiger partial charge on any atom is 0.349 e. The molecule has 2 atom stereocenters. The molecule has 1 N–H and O–H groups in total. The number of nitrogens with one attached hydrogen (secondary N) is 1. The van der Waals surface area contributed by atoms with Crippen LogP contribution in [0.5, 0.6) is 0 Å². The Morgan fingerprint density at radius 3 is 3.00 bits per heavy atom.